The molecule has 0 aliphatic carbocycles. The molecule has 5 heteroatoms. The molecule has 0 N–H and O–H groups in total. The van der Waals surface area contributed by atoms with Gasteiger partial charge in [-0.1, -0.05) is 19.8 Å². The normalized spacial score (nSPS) is 12.4. The molecular formula is C10H19NO3S. The molecule has 88 valence electrons. The van der Waals surface area contributed by atoms with E-state index in [9.17, 15) is 13.0 Å². The van der Waals surface area contributed by atoms with Crippen molar-refractivity contribution >= 4 is 10.1 Å². The molecule has 0 radical (unpaired) electrons. The molecule has 0 rings (SSSR count). The molecule has 0 aromatic rings. The summed E-state index contributed by atoms with van der Waals surface area (Å²) in [6.07, 6.45) is 0. The van der Waals surface area contributed by atoms with Gasteiger partial charge in [0.1, 0.15) is 16.7 Å². The fraction of sp³-hybridized carbons (Fsp3) is 0.800. The first kappa shape index (κ1) is 14.4. The fourth-order valence-corrected chi connectivity index (χ4v) is 1.62. The maximum Gasteiger partial charge on any atom is 0.140 e. The lowest BCUT2D eigenvalue weighted by Crippen LogP contribution is -2.43. The molecule has 0 heterocycles. The van der Waals surface area contributed by atoms with Crippen LogP contribution in [0.1, 0.15) is 13.8 Å². The van der Waals surface area contributed by atoms with Crippen LogP contribution in [0.5, 0.6) is 0 Å². The van der Waals surface area contributed by atoms with E-state index < -0.39 is 10.1 Å². The molecule has 0 fully saturated rings. The van der Waals surface area contributed by atoms with Crippen LogP contribution in [-0.2, 0) is 10.1 Å². The smallest absolute Gasteiger partial charge is 0.140 e. The zero-order valence-corrected chi connectivity index (χ0v) is 10.6. The van der Waals surface area contributed by atoms with Gasteiger partial charge in [0, 0.05) is 5.92 Å². The quantitative estimate of drug-likeness (QED) is 0.398. The third kappa shape index (κ3) is 9.73. The van der Waals surface area contributed by atoms with Crippen molar-refractivity contribution in [2.75, 3.05) is 32.9 Å². The van der Waals surface area contributed by atoms with Gasteiger partial charge in [-0.2, -0.15) is 0 Å². The van der Waals surface area contributed by atoms with Gasteiger partial charge in [0.2, 0.25) is 0 Å². The summed E-state index contributed by atoms with van der Waals surface area (Å²) in [6, 6.07) is 0. The van der Waals surface area contributed by atoms with Gasteiger partial charge in [-0.3, -0.25) is 0 Å². The Hall–Kier alpha value is -0.570. The van der Waals surface area contributed by atoms with Gasteiger partial charge in [-0.15, -0.1) is 0 Å². The lowest BCUT2D eigenvalue weighted by atomic mass is 10.2. The van der Waals surface area contributed by atoms with Crippen molar-refractivity contribution in [2.45, 2.75) is 13.8 Å². The number of quaternary nitrogens is 1. The second kappa shape index (κ2) is 5.50. The van der Waals surface area contributed by atoms with Crippen molar-refractivity contribution < 1.29 is 17.5 Å². The van der Waals surface area contributed by atoms with Gasteiger partial charge < -0.3 is 9.04 Å². The molecule has 0 saturated heterocycles. The molecular weight excluding hydrogens is 214 g/mol. The molecule has 0 atom stereocenters. The molecule has 0 bridgehead atoms. The van der Waals surface area contributed by atoms with Gasteiger partial charge in [-0.25, -0.2) is 8.42 Å². The molecule has 15 heavy (non-hydrogen) atoms. The van der Waals surface area contributed by atoms with Crippen molar-refractivity contribution in [3.8, 4) is 11.8 Å². The molecule has 0 aromatic carbocycles. The van der Waals surface area contributed by atoms with E-state index in [-0.39, 0.29) is 5.75 Å². The van der Waals surface area contributed by atoms with Crippen LogP contribution in [0.25, 0.3) is 0 Å². The van der Waals surface area contributed by atoms with Gasteiger partial charge in [0.05, 0.1) is 26.4 Å². The Morgan fingerprint density at radius 3 is 2.27 bits per heavy atom. The molecule has 0 aliphatic heterocycles. The maximum atomic E-state index is 10.5. The first-order valence-electron chi connectivity index (χ1n) is 4.86. The summed E-state index contributed by atoms with van der Waals surface area (Å²) in [6.45, 7) is 4.86. The SMILES string of the molecule is CC(C)C#CC[N+](C)(C)CCS(=O)(=O)[O-]. The number of hydrogen-bond acceptors (Lipinski definition) is 3. The third-order valence-corrected chi connectivity index (χ3v) is 2.53. The summed E-state index contributed by atoms with van der Waals surface area (Å²) in [5.41, 5.74) is 0. The van der Waals surface area contributed by atoms with E-state index in [4.69, 9.17) is 0 Å². The van der Waals surface area contributed by atoms with E-state index in [2.05, 4.69) is 11.8 Å². The summed E-state index contributed by atoms with van der Waals surface area (Å²) in [5.74, 6) is 5.98. The van der Waals surface area contributed by atoms with Gasteiger partial charge in [-0.05, 0) is 5.92 Å². The van der Waals surface area contributed by atoms with E-state index in [1.165, 1.54) is 0 Å². The highest BCUT2D eigenvalue weighted by Gasteiger charge is 2.14. The summed E-state index contributed by atoms with van der Waals surface area (Å²) in [4.78, 5) is 0. The highest BCUT2D eigenvalue weighted by molar-refractivity contribution is 7.85. The lowest BCUT2D eigenvalue weighted by Gasteiger charge is -2.27. The first-order valence-corrected chi connectivity index (χ1v) is 6.44. The average Bonchev–Trinajstić information content (AvgIpc) is 1.99. The van der Waals surface area contributed by atoms with Gasteiger partial charge in [0.25, 0.3) is 0 Å². The zero-order valence-electron chi connectivity index (χ0n) is 9.78. The summed E-state index contributed by atoms with van der Waals surface area (Å²) >= 11 is 0. The Kier molecular flexibility index (Phi) is 5.29. The van der Waals surface area contributed by atoms with Crippen LogP contribution in [0.3, 0.4) is 0 Å². The van der Waals surface area contributed by atoms with Crippen molar-refractivity contribution in [3.05, 3.63) is 0 Å². The standard InChI is InChI=1S/C10H19NO3S/c1-10(2)6-5-7-11(3,4)8-9-15(12,13)14/h10H,7-9H2,1-4H3. The molecule has 0 unspecified atom stereocenters. The Morgan fingerprint density at radius 2 is 1.87 bits per heavy atom. The van der Waals surface area contributed by atoms with E-state index in [1.807, 2.05) is 27.9 Å². The predicted octanol–water partition coefficient (Wildman–Crippen LogP) is 0.267. The third-order valence-electron chi connectivity index (χ3n) is 1.84. The summed E-state index contributed by atoms with van der Waals surface area (Å²) in [5, 5.41) is 0. The number of rotatable bonds is 4. The first-order chi connectivity index (χ1) is 6.62. The van der Waals surface area contributed by atoms with E-state index in [1.54, 1.807) is 0 Å². The van der Waals surface area contributed by atoms with E-state index in [0.29, 0.717) is 23.5 Å². The topological polar surface area (TPSA) is 57.2 Å². The van der Waals surface area contributed by atoms with Crippen LogP contribution in [-0.4, -0.2) is 50.4 Å². The Labute approximate surface area is 92.6 Å². The van der Waals surface area contributed by atoms with Crippen LogP contribution in [0.2, 0.25) is 0 Å². The van der Waals surface area contributed by atoms with Crippen molar-refractivity contribution in [1.82, 2.24) is 0 Å². The van der Waals surface area contributed by atoms with Crippen molar-refractivity contribution in [2.24, 2.45) is 5.92 Å². The fourth-order valence-electron chi connectivity index (χ4n) is 0.902. The van der Waals surface area contributed by atoms with Gasteiger partial charge >= 0.3 is 0 Å². The summed E-state index contributed by atoms with van der Waals surface area (Å²) < 4.78 is 31.8. The number of nitrogens with zero attached hydrogens (tertiary/aromatic N) is 1. The van der Waals surface area contributed by atoms with Crippen LogP contribution in [0.15, 0.2) is 0 Å². The second-order valence-electron chi connectivity index (χ2n) is 4.56. The number of hydrogen-bond donors (Lipinski definition) is 0. The Bertz CT molecular complexity index is 347. The van der Waals surface area contributed by atoms with Crippen molar-refractivity contribution in [3.63, 3.8) is 0 Å². The highest BCUT2D eigenvalue weighted by atomic mass is 32.2. The predicted molar refractivity (Wildman–Crippen MR) is 59.0 cm³/mol. The highest BCUT2D eigenvalue weighted by Crippen LogP contribution is 1.97. The van der Waals surface area contributed by atoms with Crippen LogP contribution in [0, 0.1) is 17.8 Å². The Balaban J connectivity index is 4.16. The minimum absolute atomic E-state index is 0.304. The summed E-state index contributed by atoms with van der Waals surface area (Å²) in [7, 11) is -0.390. The van der Waals surface area contributed by atoms with Gasteiger partial charge in [0.15, 0.2) is 0 Å². The lowest BCUT2D eigenvalue weighted by molar-refractivity contribution is -0.880. The van der Waals surface area contributed by atoms with Crippen LogP contribution in [0.4, 0.5) is 0 Å². The Morgan fingerprint density at radius 1 is 1.33 bits per heavy atom. The molecule has 0 aliphatic rings. The maximum absolute atomic E-state index is 10.5. The molecule has 0 saturated carbocycles. The van der Waals surface area contributed by atoms with E-state index in [0.717, 1.165) is 0 Å². The molecule has 0 amide bonds. The van der Waals surface area contributed by atoms with Crippen LogP contribution < -0.4 is 0 Å². The minimum Gasteiger partial charge on any atom is -0.748 e. The zero-order chi connectivity index (χ0) is 12.1. The molecule has 0 spiro atoms. The molecule has 0 aromatic heterocycles. The monoisotopic (exact) mass is 233 g/mol. The van der Waals surface area contributed by atoms with Crippen LogP contribution >= 0.6 is 0 Å². The van der Waals surface area contributed by atoms with E-state index >= 15 is 0 Å². The van der Waals surface area contributed by atoms with Crippen molar-refractivity contribution in [1.29, 1.82) is 0 Å². The average molecular weight is 233 g/mol. The minimum atomic E-state index is -4.11. The molecule has 4 nitrogen and oxygen atoms in total. The second-order valence-corrected chi connectivity index (χ2v) is 6.08. The largest absolute Gasteiger partial charge is 0.748 e.